The number of halogens is 1. The van der Waals surface area contributed by atoms with Crippen LogP contribution in [-0.2, 0) is 10.2 Å². The number of likely N-dealkylation sites (N-methyl/N-ethyl adjacent to an activating group) is 1. The zero-order chi connectivity index (χ0) is 20.0. The lowest BCUT2D eigenvalue weighted by atomic mass is 9.94. The Morgan fingerprint density at radius 2 is 1.83 bits per heavy atom. The molecule has 1 amide bonds. The van der Waals surface area contributed by atoms with E-state index in [0.717, 1.165) is 60.6 Å². The van der Waals surface area contributed by atoms with E-state index >= 15 is 0 Å². The summed E-state index contributed by atoms with van der Waals surface area (Å²) in [7, 11) is 2.10. The minimum atomic E-state index is -0.332. The van der Waals surface area contributed by atoms with Crippen molar-refractivity contribution >= 4 is 39.1 Å². The monoisotopic (exact) mass is 427 g/mol. The number of hydrogen-bond acceptors (Lipinski definition) is 5. The third-order valence-corrected chi connectivity index (χ3v) is 7.02. The molecule has 3 aromatic rings. The van der Waals surface area contributed by atoms with E-state index in [-0.39, 0.29) is 11.3 Å². The van der Waals surface area contributed by atoms with Crippen molar-refractivity contribution in [2.75, 3.05) is 33.2 Å². The number of thiazole rings is 1. The maximum absolute atomic E-state index is 13.1. The molecule has 2 aliphatic rings. The van der Waals surface area contributed by atoms with Crippen LogP contribution in [0.2, 0.25) is 5.02 Å². The standard InChI is InChI=1S/C22H22ClN3O2S/c1-25-10-12-26(13-11-25)20(27)22(8-9-22)15-2-5-17(6-3-15)28-21-24-18-7-4-16(23)14-19(18)29-21/h2-7,14H,8-13H2,1H3. The van der Waals surface area contributed by atoms with Crippen LogP contribution in [-0.4, -0.2) is 53.9 Å². The smallest absolute Gasteiger partial charge is 0.279 e. The highest BCUT2D eigenvalue weighted by Gasteiger charge is 2.53. The number of carbonyl (C=O) groups is 1. The molecule has 1 aliphatic heterocycles. The van der Waals surface area contributed by atoms with Gasteiger partial charge in [-0.1, -0.05) is 35.1 Å². The summed E-state index contributed by atoms with van der Waals surface area (Å²) in [4.78, 5) is 22.0. The highest BCUT2D eigenvalue weighted by Crippen LogP contribution is 2.50. The fourth-order valence-corrected chi connectivity index (χ4v) is 5.04. The average molecular weight is 428 g/mol. The van der Waals surface area contributed by atoms with Crippen LogP contribution in [0.5, 0.6) is 10.9 Å². The molecule has 0 radical (unpaired) electrons. The van der Waals surface area contributed by atoms with Crippen molar-refractivity contribution in [3.8, 4) is 10.9 Å². The van der Waals surface area contributed by atoms with Crippen LogP contribution < -0.4 is 4.74 Å². The van der Waals surface area contributed by atoms with Crippen LogP contribution in [0.4, 0.5) is 0 Å². The van der Waals surface area contributed by atoms with Gasteiger partial charge >= 0.3 is 0 Å². The lowest BCUT2D eigenvalue weighted by molar-refractivity contribution is -0.135. The number of fused-ring (bicyclic) bond motifs is 1. The molecule has 1 saturated carbocycles. The van der Waals surface area contributed by atoms with E-state index in [2.05, 4.69) is 16.9 Å². The Morgan fingerprint density at radius 1 is 1.10 bits per heavy atom. The Balaban J connectivity index is 1.31. The van der Waals surface area contributed by atoms with Gasteiger partial charge in [0.05, 0.1) is 15.6 Å². The highest BCUT2D eigenvalue weighted by atomic mass is 35.5. The van der Waals surface area contributed by atoms with Gasteiger partial charge in [-0.2, -0.15) is 0 Å². The number of hydrogen-bond donors (Lipinski definition) is 0. The number of aromatic nitrogens is 1. The van der Waals surface area contributed by atoms with Crippen LogP contribution in [0.1, 0.15) is 18.4 Å². The molecule has 1 saturated heterocycles. The summed E-state index contributed by atoms with van der Waals surface area (Å²) in [6, 6.07) is 13.5. The summed E-state index contributed by atoms with van der Waals surface area (Å²) < 4.78 is 6.94. The lowest BCUT2D eigenvalue weighted by Crippen LogP contribution is -2.50. The first-order valence-corrected chi connectivity index (χ1v) is 11.1. The minimum Gasteiger partial charge on any atom is -0.431 e. The minimum absolute atomic E-state index is 0.280. The van der Waals surface area contributed by atoms with Gasteiger partial charge in [0.15, 0.2) is 0 Å². The molecule has 150 valence electrons. The summed E-state index contributed by atoms with van der Waals surface area (Å²) in [5.41, 5.74) is 1.63. The number of benzene rings is 2. The van der Waals surface area contributed by atoms with E-state index < -0.39 is 0 Å². The summed E-state index contributed by atoms with van der Waals surface area (Å²) >= 11 is 7.52. The molecule has 0 spiro atoms. The van der Waals surface area contributed by atoms with E-state index in [4.69, 9.17) is 16.3 Å². The van der Waals surface area contributed by atoms with Crippen molar-refractivity contribution in [3.05, 3.63) is 53.1 Å². The molecule has 1 aliphatic carbocycles. The van der Waals surface area contributed by atoms with Gasteiger partial charge in [0.2, 0.25) is 5.91 Å². The molecule has 29 heavy (non-hydrogen) atoms. The van der Waals surface area contributed by atoms with Crippen molar-refractivity contribution in [1.82, 2.24) is 14.8 Å². The molecule has 2 aromatic carbocycles. The number of rotatable bonds is 4. The van der Waals surface area contributed by atoms with Crippen molar-refractivity contribution < 1.29 is 9.53 Å². The molecule has 0 atom stereocenters. The van der Waals surface area contributed by atoms with Gasteiger partial charge in [0.25, 0.3) is 5.19 Å². The van der Waals surface area contributed by atoms with E-state index in [9.17, 15) is 4.79 Å². The first-order valence-electron chi connectivity index (χ1n) is 9.86. The van der Waals surface area contributed by atoms with Crippen LogP contribution in [0.15, 0.2) is 42.5 Å². The fourth-order valence-electron chi connectivity index (χ4n) is 3.93. The lowest BCUT2D eigenvalue weighted by Gasteiger charge is -2.35. The fraction of sp³-hybridized carbons (Fsp3) is 0.364. The number of piperazine rings is 1. The summed E-state index contributed by atoms with van der Waals surface area (Å²) in [5.74, 6) is 1.00. The van der Waals surface area contributed by atoms with Crippen molar-refractivity contribution in [3.63, 3.8) is 0 Å². The molecule has 0 unspecified atom stereocenters. The Hall–Kier alpha value is -2.15. The average Bonchev–Trinajstić information content (AvgIpc) is 3.44. The predicted molar refractivity (Wildman–Crippen MR) is 116 cm³/mol. The van der Waals surface area contributed by atoms with Crippen LogP contribution >= 0.6 is 22.9 Å². The van der Waals surface area contributed by atoms with Crippen molar-refractivity contribution in [2.45, 2.75) is 18.3 Å². The van der Waals surface area contributed by atoms with E-state index in [1.165, 1.54) is 11.3 Å². The zero-order valence-corrected chi connectivity index (χ0v) is 17.8. The zero-order valence-electron chi connectivity index (χ0n) is 16.2. The molecule has 2 fully saturated rings. The number of nitrogens with zero attached hydrogens (tertiary/aromatic N) is 3. The van der Waals surface area contributed by atoms with E-state index in [1.807, 2.05) is 47.4 Å². The van der Waals surface area contributed by atoms with E-state index in [1.54, 1.807) is 0 Å². The Morgan fingerprint density at radius 3 is 2.52 bits per heavy atom. The van der Waals surface area contributed by atoms with Gasteiger partial charge in [0, 0.05) is 31.2 Å². The first-order chi connectivity index (χ1) is 14.0. The molecule has 7 heteroatoms. The van der Waals surface area contributed by atoms with Gasteiger partial charge in [-0.05, 0) is 55.8 Å². The maximum Gasteiger partial charge on any atom is 0.279 e. The second-order valence-electron chi connectivity index (χ2n) is 7.90. The quantitative estimate of drug-likeness (QED) is 0.612. The molecular formula is C22H22ClN3O2S. The summed E-state index contributed by atoms with van der Waals surface area (Å²) in [5, 5.41) is 1.28. The maximum atomic E-state index is 13.1. The molecule has 5 nitrogen and oxygen atoms in total. The number of amides is 1. The van der Waals surface area contributed by atoms with Crippen molar-refractivity contribution in [2.24, 2.45) is 0 Å². The Kier molecular flexibility index (Phi) is 4.73. The van der Waals surface area contributed by atoms with Gasteiger partial charge in [-0.15, -0.1) is 0 Å². The molecule has 0 bridgehead atoms. The van der Waals surface area contributed by atoms with Gasteiger partial charge in [0.1, 0.15) is 5.75 Å². The second kappa shape index (κ2) is 7.27. The topological polar surface area (TPSA) is 45.7 Å². The normalized spacial score (nSPS) is 18.8. The molecule has 0 N–H and O–H groups in total. The summed E-state index contributed by atoms with van der Waals surface area (Å²) in [6.07, 6.45) is 1.86. The van der Waals surface area contributed by atoms with Gasteiger partial charge < -0.3 is 14.5 Å². The van der Waals surface area contributed by atoms with Gasteiger partial charge in [-0.25, -0.2) is 4.98 Å². The largest absolute Gasteiger partial charge is 0.431 e. The third-order valence-electron chi connectivity index (χ3n) is 5.89. The highest BCUT2D eigenvalue weighted by molar-refractivity contribution is 7.20. The number of ether oxygens (including phenoxy) is 1. The molecule has 2 heterocycles. The number of carbonyl (C=O) groups excluding carboxylic acids is 1. The van der Waals surface area contributed by atoms with E-state index in [0.29, 0.717) is 10.2 Å². The van der Waals surface area contributed by atoms with Crippen LogP contribution in [0.3, 0.4) is 0 Å². The van der Waals surface area contributed by atoms with Crippen molar-refractivity contribution in [1.29, 1.82) is 0 Å². The molecule has 5 rings (SSSR count). The Labute approximate surface area is 178 Å². The van der Waals surface area contributed by atoms with Crippen LogP contribution in [0.25, 0.3) is 10.2 Å². The Bertz CT molecular complexity index is 1050. The first kappa shape index (κ1) is 18.9. The summed E-state index contributed by atoms with van der Waals surface area (Å²) in [6.45, 7) is 3.53. The third kappa shape index (κ3) is 3.61. The molecular weight excluding hydrogens is 406 g/mol. The second-order valence-corrected chi connectivity index (χ2v) is 9.33. The van der Waals surface area contributed by atoms with Crippen LogP contribution in [0, 0.1) is 0 Å². The molecule has 1 aromatic heterocycles. The SMILES string of the molecule is CN1CCN(C(=O)C2(c3ccc(Oc4nc5ccc(Cl)cc5s4)cc3)CC2)CC1. The predicted octanol–water partition coefficient (Wildman–Crippen LogP) is 4.55. The van der Waals surface area contributed by atoms with Gasteiger partial charge in [-0.3, -0.25) is 4.79 Å².